The van der Waals surface area contributed by atoms with E-state index < -0.39 is 0 Å². The summed E-state index contributed by atoms with van der Waals surface area (Å²) in [7, 11) is 0. The first-order valence-electron chi connectivity index (χ1n) is 4.17. The zero-order valence-corrected chi connectivity index (χ0v) is 7.01. The van der Waals surface area contributed by atoms with Gasteiger partial charge in [-0.2, -0.15) is 0 Å². The fourth-order valence-corrected chi connectivity index (χ4v) is 1.47. The molecule has 0 N–H and O–H groups in total. The van der Waals surface area contributed by atoms with Crippen LogP contribution >= 0.6 is 0 Å². The highest BCUT2D eigenvalue weighted by molar-refractivity contribution is 5.28. The van der Waals surface area contributed by atoms with Gasteiger partial charge in [0.2, 0.25) is 0 Å². The van der Waals surface area contributed by atoms with Crippen molar-refractivity contribution < 1.29 is 9.13 Å². The Morgan fingerprint density at radius 3 is 2.67 bits per heavy atom. The van der Waals surface area contributed by atoms with E-state index >= 15 is 0 Å². The van der Waals surface area contributed by atoms with E-state index in [-0.39, 0.29) is 11.4 Å². The molecule has 0 radical (unpaired) electrons. The molecule has 64 valence electrons. The van der Waals surface area contributed by atoms with Crippen molar-refractivity contribution >= 4 is 0 Å². The van der Waals surface area contributed by atoms with Crippen LogP contribution in [0.4, 0.5) is 4.39 Å². The van der Waals surface area contributed by atoms with Crippen molar-refractivity contribution in [2.45, 2.75) is 18.9 Å². The van der Waals surface area contributed by atoms with Crippen LogP contribution in [0, 0.1) is 5.82 Å². The predicted molar refractivity (Wildman–Crippen MR) is 44.3 cm³/mol. The van der Waals surface area contributed by atoms with Crippen LogP contribution in [0.5, 0.6) is 0 Å². The number of hydrogen-bond acceptors (Lipinski definition) is 1. The Morgan fingerprint density at radius 2 is 2.17 bits per heavy atom. The number of ether oxygens (including phenoxy) is 1. The molecule has 0 saturated carbocycles. The molecule has 1 aromatic rings. The van der Waals surface area contributed by atoms with Gasteiger partial charge in [-0.3, -0.25) is 0 Å². The molecule has 2 rings (SSSR count). The zero-order chi connectivity index (χ0) is 8.60. The second-order valence-corrected chi connectivity index (χ2v) is 3.12. The minimum atomic E-state index is -0.300. The van der Waals surface area contributed by atoms with Crippen molar-refractivity contribution in [3.05, 3.63) is 35.6 Å². The van der Waals surface area contributed by atoms with Crippen LogP contribution in [0.15, 0.2) is 24.3 Å². The Hall–Kier alpha value is -0.890. The second kappa shape index (κ2) is 2.56. The summed E-state index contributed by atoms with van der Waals surface area (Å²) in [6.07, 6.45) is 0.841. The third-order valence-corrected chi connectivity index (χ3v) is 2.43. The summed E-state index contributed by atoms with van der Waals surface area (Å²) in [4.78, 5) is 0. The molecule has 0 aromatic heterocycles. The maximum absolute atomic E-state index is 13.2. The minimum absolute atomic E-state index is 0.156. The van der Waals surface area contributed by atoms with Gasteiger partial charge in [0.05, 0.1) is 6.61 Å². The van der Waals surface area contributed by atoms with Gasteiger partial charge >= 0.3 is 0 Å². The minimum Gasteiger partial charge on any atom is -0.364 e. The molecule has 0 aliphatic carbocycles. The van der Waals surface area contributed by atoms with Gasteiger partial charge in [-0.1, -0.05) is 25.1 Å². The Morgan fingerprint density at radius 1 is 1.50 bits per heavy atom. The number of benzene rings is 1. The fourth-order valence-electron chi connectivity index (χ4n) is 1.47. The van der Waals surface area contributed by atoms with Crippen LogP contribution in [0.1, 0.15) is 18.9 Å². The molecule has 1 atom stereocenters. The van der Waals surface area contributed by atoms with Gasteiger partial charge in [0.25, 0.3) is 0 Å². The standard InChI is InChI=1S/C10H11FO/c1-2-10(7-12-10)8-5-3-4-6-9(8)11/h3-6H,2,7H2,1H3. The van der Waals surface area contributed by atoms with Crippen molar-refractivity contribution in [1.82, 2.24) is 0 Å². The lowest BCUT2D eigenvalue weighted by molar-refractivity contribution is 0.293. The van der Waals surface area contributed by atoms with Gasteiger partial charge in [0.1, 0.15) is 11.4 Å². The summed E-state index contributed by atoms with van der Waals surface area (Å²) in [6.45, 7) is 2.67. The lowest BCUT2D eigenvalue weighted by Gasteiger charge is -2.09. The lowest BCUT2D eigenvalue weighted by Crippen LogP contribution is -2.08. The first-order chi connectivity index (χ1) is 5.78. The van der Waals surface area contributed by atoms with Crippen molar-refractivity contribution in [3.63, 3.8) is 0 Å². The van der Waals surface area contributed by atoms with Gasteiger partial charge in [-0.05, 0) is 12.5 Å². The summed E-state index contributed by atoms with van der Waals surface area (Å²) in [5, 5.41) is 0. The van der Waals surface area contributed by atoms with E-state index in [1.54, 1.807) is 12.1 Å². The molecule has 1 aliphatic heterocycles. The van der Waals surface area contributed by atoms with E-state index in [4.69, 9.17) is 4.74 Å². The quantitative estimate of drug-likeness (QED) is 0.615. The van der Waals surface area contributed by atoms with Gasteiger partial charge in [-0.15, -0.1) is 0 Å². The average Bonchev–Trinajstić information content (AvgIpc) is 2.86. The summed E-state index contributed by atoms with van der Waals surface area (Å²) in [5.41, 5.74) is 0.401. The third kappa shape index (κ3) is 1.03. The van der Waals surface area contributed by atoms with Crippen molar-refractivity contribution in [1.29, 1.82) is 0 Å². The molecule has 0 amide bonds. The molecule has 2 heteroatoms. The smallest absolute Gasteiger partial charge is 0.129 e. The highest BCUT2D eigenvalue weighted by Gasteiger charge is 2.46. The number of epoxide rings is 1. The maximum Gasteiger partial charge on any atom is 0.129 e. The Labute approximate surface area is 71.2 Å². The highest BCUT2D eigenvalue weighted by Crippen LogP contribution is 2.42. The number of hydrogen-bond donors (Lipinski definition) is 0. The van der Waals surface area contributed by atoms with Crippen LogP contribution in [0.2, 0.25) is 0 Å². The predicted octanol–water partition coefficient (Wildman–Crippen LogP) is 2.46. The van der Waals surface area contributed by atoms with Crippen LogP contribution < -0.4 is 0 Å². The molecule has 1 saturated heterocycles. The monoisotopic (exact) mass is 166 g/mol. The van der Waals surface area contributed by atoms with Gasteiger partial charge in [-0.25, -0.2) is 4.39 Å². The van der Waals surface area contributed by atoms with E-state index in [1.165, 1.54) is 6.07 Å². The van der Waals surface area contributed by atoms with E-state index in [2.05, 4.69) is 0 Å². The molecule has 1 fully saturated rings. The maximum atomic E-state index is 13.2. The Kier molecular flexibility index (Phi) is 1.65. The molecular formula is C10H11FO. The molecular weight excluding hydrogens is 155 g/mol. The number of halogens is 1. The summed E-state index contributed by atoms with van der Waals surface area (Å²) in [6, 6.07) is 6.82. The molecule has 1 heterocycles. The Bertz CT molecular complexity index is 292. The topological polar surface area (TPSA) is 12.5 Å². The fraction of sp³-hybridized carbons (Fsp3) is 0.400. The van der Waals surface area contributed by atoms with E-state index in [9.17, 15) is 4.39 Å². The molecule has 1 aromatic carbocycles. The number of rotatable bonds is 2. The van der Waals surface area contributed by atoms with Crippen LogP contribution in [0.3, 0.4) is 0 Å². The van der Waals surface area contributed by atoms with E-state index in [0.29, 0.717) is 12.2 Å². The van der Waals surface area contributed by atoms with Crippen LogP contribution in [0.25, 0.3) is 0 Å². The first-order valence-corrected chi connectivity index (χ1v) is 4.17. The van der Waals surface area contributed by atoms with E-state index in [1.807, 2.05) is 13.0 Å². The molecule has 0 bridgehead atoms. The van der Waals surface area contributed by atoms with Crippen molar-refractivity contribution in [3.8, 4) is 0 Å². The lowest BCUT2D eigenvalue weighted by atomic mass is 9.97. The van der Waals surface area contributed by atoms with Gasteiger partial charge in [0.15, 0.2) is 0 Å². The molecule has 1 unspecified atom stereocenters. The molecule has 0 spiro atoms. The van der Waals surface area contributed by atoms with E-state index in [0.717, 1.165) is 6.42 Å². The van der Waals surface area contributed by atoms with Gasteiger partial charge in [0, 0.05) is 5.56 Å². The SMILES string of the molecule is CCC1(c2ccccc2F)CO1. The highest BCUT2D eigenvalue weighted by atomic mass is 19.1. The summed E-state index contributed by atoms with van der Waals surface area (Å²) in [5.74, 6) is -0.156. The van der Waals surface area contributed by atoms with Crippen molar-refractivity contribution in [2.24, 2.45) is 0 Å². The summed E-state index contributed by atoms with van der Waals surface area (Å²) >= 11 is 0. The largest absolute Gasteiger partial charge is 0.364 e. The normalized spacial score (nSPS) is 27.2. The zero-order valence-electron chi connectivity index (χ0n) is 7.01. The second-order valence-electron chi connectivity index (χ2n) is 3.12. The van der Waals surface area contributed by atoms with Crippen LogP contribution in [-0.4, -0.2) is 6.61 Å². The first kappa shape index (κ1) is 7.74. The molecule has 12 heavy (non-hydrogen) atoms. The summed E-state index contributed by atoms with van der Waals surface area (Å²) < 4.78 is 18.5. The third-order valence-electron chi connectivity index (χ3n) is 2.43. The van der Waals surface area contributed by atoms with Gasteiger partial charge < -0.3 is 4.74 Å². The van der Waals surface area contributed by atoms with Crippen molar-refractivity contribution in [2.75, 3.05) is 6.61 Å². The van der Waals surface area contributed by atoms with Crippen LogP contribution in [-0.2, 0) is 10.3 Å². The molecule has 1 nitrogen and oxygen atoms in total. The average molecular weight is 166 g/mol. The molecule has 1 aliphatic rings. The Balaban J connectivity index is 2.40.